The molecule has 1 aromatic rings. The molecule has 1 saturated carbocycles. The van der Waals surface area contributed by atoms with Gasteiger partial charge in [0.1, 0.15) is 5.82 Å². The quantitative estimate of drug-likeness (QED) is 0.792. The minimum Gasteiger partial charge on any atom is -0.354 e. The molecule has 0 aliphatic heterocycles. The Balaban J connectivity index is 1.65. The van der Waals surface area contributed by atoms with Crippen molar-refractivity contribution in [1.29, 1.82) is 0 Å². The third kappa shape index (κ3) is 5.66. The number of aryl methyl sites for hydroxylation is 1. The van der Waals surface area contributed by atoms with Crippen LogP contribution in [0.2, 0.25) is 0 Å². The summed E-state index contributed by atoms with van der Waals surface area (Å²) in [6.07, 6.45) is 6.59. The topological polar surface area (TPSA) is 58.2 Å². The van der Waals surface area contributed by atoms with Crippen LogP contribution >= 0.6 is 0 Å². The highest BCUT2D eigenvalue weighted by atomic mass is 19.1. The fraction of sp³-hybridized carbons (Fsp3) is 0.556. The van der Waals surface area contributed by atoms with Gasteiger partial charge < -0.3 is 10.6 Å². The van der Waals surface area contributed by atoms with Gasteiger partial charge in [-0.15, -0.1) is 0 Å². The molecule has 0 aromatic heterocycles. The molecule has 0 atom stereocenters. The van der Waals surface area contributed by atoms with Crippen LogP contribution in [0, 0.1) is 18.7 Å². The molecule has 0 spiro atoms. The number of hydrogen-bond donors (Lipinski definition) is 2. The first-order chi connectivity index (χ1) is 11.1. The van der Waals surface area contributed by atoms with Gasteiger partial charge in [0.25, 0.3) is 5.91 Å². The van der Waals surface area contributed by atoms with E-state index in [1.807, 2.05) is 0 Å². The lowest BCUT2D eigenvalue weighted by Crippen LogP contribution is -2.35. The summed E-state index contributed by atoms with van der Waals surface area (Å²) in [4.78, 5) is 23.7. The normalized spacial score (nSPS) is 15.2. The predicted octanol–water partition coefficient (Wildman–Crippen LogP) is 2.95. The summed E-state index contributed by atoms with van der Waals surface area (Å²) in [7, 11) is 0. The van der Waals surface area contributed by atoms with Crippen LogP contribution in [-0.2, 0) is 4.79 Å². The predicted molar refractivity (Wildman–Crippen MR) is 87.7 cm³/mol. The summed E-state index contributed by atoms with van der Waals surface area (Å²) in [5, 5.41) is 5.51. The molecule has 5 heteroatoms. The monoisotopic (exact) mass is 320 g/mol. The van der Waals surface area contributed by atoms with Gasteiger partial charge in [-0.25, -0.2) is 4.39 Å². The minimum atomic E-state index is -0.390. The summed E-state index contributed by atoms with van der Waals surface area (Å²) in [5.41, 5.74) is 0.804. The van der Waals surface area contributed by atoms with Gasteiger partial charge in [-0.05, 0) is 43.4 Å². The maximum Gasteiger partial charge on any atom is 0.251 e. The number of carbonyl (C=O) groups is 2. The third-order valence-electron chi connectivity index (χ3n) is 4.37. The first-order valence-corrected chi connectivity index (χ1v) is 8.37. The van der Waals surface area contributed by atoms with Crippen molar-refractivity contribution in [2.75, 3.05) is 13.1 Å². The van der Waals surface area contributed by atoms with Crippen molar-refractivity contribution in [2.24, 2.45) is 5.92 Å². The Labute approximate surface area is 136 Å². The lowest BCUT2D eigenvalue weighted by molar-refractivity contribution is -0.122. The summed E-state index contributed by atoms with van der Waals surface area (Å²) in [5.74, 6) is -0.162. The van der Waals surface area contributed by atoms with Gasteiger partial charge in [-0.3, -0.25) is 9.59 Å². The number of nitrogens with one attached hydrogen (secondary N) is 2. The summed E-state index contributed by atoms with van der Waals surface area (Å²) < 4.78 is 13.4. The zero-order valence-electron chi connectivity index (χ0n) is 13.7. The van der Waals surface area contributed by atoms with Crippen molar-refractivity contribution in [1.82, 2.24) is 10.6 Å². The van der Waals surface area contributed by atoms with Crippen LogP contribution in [0.3, 0.4) is 0 Å². The van der Waals surface area contributed by atoms with Crippen LogP contribution < -0.4 is 10.6 Å². The molecule has 1 fully saturated rings. The van der Waals surface area contributed by atoms with Crippen LogP contribution in [0.1, 0.15) is 54.4 Å². The molecular weight excluding hydrogens is 295 g/mol. The van der Waals surface area contributed by atoms with Gasteiger partial charge in [0, 0.05) is 25.1 Å². The van der Waals surface area contributed by atoms with Gasteiger partial charge in [-0.2, -0.15) is 0 Å². The van der Waals surface area contributed by atoms with Crippen LogP contribution in [0.25, 0.3) is 0 Å². The highest BCUT2D eigenvalue weighted by Crippen LogP contribution is 2.25. The molecule has 1 aromatic carbocycles. The van der Waals surface area contributed by atoms with E-state index in [1.54, 1.807) is 19.1 Å². The number of benzene rings is 1. The van der Waals surface area contributed by atoms with Crippen LogP contribution in [0.4, 0.5) is 4.39 Å². The zero-order valence-corrected chi connectivity index (χ0v) is 13.7. The van der Waals surface area contributed by atoms with Gasteiger partial charge >= 0.3 is 0 Å². The second-order valence-electron chi connectivity index (χ2n) is 6.28. The van der Waals surface area contributed by atoms with Crippen molar-refractivity contribution in [3.63, 3.8) is 0 Å². The Morgan fingerprint density at radius 2 is 1.83 bits per heavy atom. The smallest absolute Gasteiger partial charge is 0.251 e. The van der Waals surface area contributed by atoms with Crippen molar-refractivity contribution in [2.45, 2.75) is 45.4 Å². The number of rotatable bonds is 6. The largest absolute Gasteiger partial charge is 0.354 e. The van der Waals surface area contributed by atoms with Crippen molar-refractivity contribution in [3.05, 3.63) is 35.1 Å². The second kappa shape index (κ2) is 8.65. The zero-order chi connectivity index (χ0) is 16.7. The first kappa shape index (κ1) is 17.4. The Morgan fingerprint density at radius 1 is 1.13 bits per heavy atom. The molecule has 0 heterocycles. The van der Waals surface area contributed by atoms with Crippen molar-refractivity contribution in [3.8, 4) is 0 Å². The summed E-state index contributed by atoms with van der Waals surface area (Å²) in [6.45, 7) is 2.38. The SMILES string of the molecule is Cc1ccc(C(=O)NCCNC(=O)CC2CCCCC2)cc1F. The molecule has 0 radical (unpaired) electrons. The standard InChI is InChI=1S/C18H25FN2O2/c1-13-7-8-15(12-16(13)19)18(23)21-10-9-20-17(22)11-14-5-3-2-4-6-14/h7-8,12,14H,2-6,9-11H2,1H3,(H,20,22)(H,21,23). The highest BCUT2D eigenvalue weighted by molar-refractivity contribution is 5.94. The van der Waals surface area contributed by atoms with Crippen molar-refractivity contribution >= 4 is 11.8 Å². The van der Waals surface area contributed by atoms with E-state index < -0.39 is 5.82 Å². The van der Waals surface area contributed by atoms with Crippen molar-refractivity contribution < 1.29 is 14.0 Å². The van der Waals surface area contributed by atoms with Crippen LogP contribution in [-0.4, -0.2) is 24.9 Å². The number of carbonyl (C=O) groups excluding carboxylic acids is 2. The first-order valence-electron chi connectivity index (χ1n) is 8.37. The summed E-state index contributed by atoms with van der Waals surface area (Å²) in [6, 6.07) is 4.40. The average Bonchev–Trinajstić information content (AvgIpc) is 2.55. The highest BCUT2D eigenvalue weighted by Gasteiger charge is 2.16. The van der Waals surface area contributed by atoms with E-state index in [0.717, 1.165) is 12.8 Å². The van der Waals surface area contributed by atoms with E-state index in [0.29, 0.717) is 36.6 Å². The number of halogens is 1. The van der Waals surface area contributed by atoms with E-state index in [2.05, 4.69) is 10.6 Å². The maximum atomic E-state index is 13.4. The molecular formula is C18H25FN2O2. The maximum absolute atomic E-state index is 13.4. The molecule has 126 valence electrons. The van der Waals surface area contributed by atoms with E-state index in [-0.39, 0.29) is 11.8 Å². The molecule has 0 bridgehead atoms. The third-order valence-corrected chi connectivity index (χ3v) is 4.37. The van der Waals surface area contributed by atoms with Gasteiger partial charge in [0.05, 0.1) is 0 Å². The van der Waals surface area contributed by atoms with Crippen LogP contribution in [0.15, 0.2) is 18.2 Å². The lowest BCUT2D eigenvalue weighted by atomic mass is 9.87. The van der Waals surface area contributed by atoms with Crippen LogP contribution in [0.5, 0.6) is 0 Å². The fourth-order valence-corrected chi connectivity index (χ4v) is 2.94. The summed E-state index contributed by atoms with van der Waals surface area (Å²) >= 11 is 0. The molecule has 0 unspecified atom stereocenters. The lowest BCUT2D eigenvalue weighted by Gasteiger charge is -2.20. The second-order valence-corrected chi connectivity index (χ2v) is 6.28. The van der Waals surface area contributed by atoms with Gasteiger partial charge in [0.15, 0.2) is 0 Å². The average molecular weight is 320 g/mol. The Hall–Kier alpha value is -1.91. The van der Waals surface area contributed by atoms with E-state index >= 15 is 0 Å². The molecule has 2 N–H and O–H groups in total. The molecule has 1 aliphatic rings. The van der Waals surface area contributed by atoms with E-state index in [1.165, 1.54) is 25.3 Å². The minimum absolute atomic E-state index is 0.0486. The van der Waals surface area contributed by atoms with Gasteiger partial charge in [0.2, 0.25) is 5.91 Å². The van der Waals surface area contributed by atoms with E-state index in [9.17, 15) is 14.0 Å². The number of amides is 2. The molecule has 4 nitrogen and oxygen atoms in total. The fourth-order valence-electron chi connectivity index (χ4n) is 2.94. The molecule has 0 saturated heterocycles. The Kier molecular flexibility index (Phi) is 6.56. The Bertz CT molecular complexity index is 554. The molecule has 23 heavy (non-hydrogen) atoms. The molecule has 1 aliphatic carbocycles. The van der Waals surface area contributed by atoms with E-state index in [4.69, 9.17) is 0 Å². The molecule has 2 amide bonds. The Morgan fingerprint density at radius 3 is 2.52 bits per heavy atom. The number of hydrogen-bond acceptors (Lipinski definition) is 2. The molecule has 2 rings (SSSR count). The van der Waals surface area contributed by atoms with Gasteiger partial charge in [-0.1, -0.05) is 25.3 Å².